The van der Waals surface area contributed by atoms with E-state index in [1.165, 1.54) is 11.1 Å². The van der Waals surface area contributed by atoms with E-state index < -0.39 is 0 Å². The van der Waals surface area contributed by atoms with Crippen LogP contribution >= 0.6 is 0 Å². The summed E-state index contributed by atoms with van der Waals surface area (Å²) in [5, 5.41) is 0. The number of fused-ring (bicyclic) bond motifs is 1. The highest BCUT2D eigenvalue weighted by molar-refractivity contribution is 5.98. The number of ketones is 1. The summed E-state index contributed by atoms with van der Waals surface area (Å²) < 4.78 is 0. The minimum absolute atomic E-state index is 0.343. The lowest BCUT2D eigenvalue weighted by molar-refractivity contribution is 0.0951. The lowest BCUT2D eigenvalue weighted by Crippen LogP contribution is -2.12. The van der Waals surface area contributed by atoms with Gasteiger partial charge in [-0.05, 0) is 42.7 Å². The zero-order valence-electron chi connectivity index (χ0n) is 10.4. The Morgan fingerprint density at radius 2 is 2.06 bits per heavy atom. The minimum atomic E-state index is 0.343. The van der Waals surface area contributed by atoms with Crippen LogP contribution in [0.15, 0.2) is 18.2 Å². The van der Waals surface area contributed by atoms with Gasteiger partial charge in [-0.25, -0.2) is 0 Å². The van der Waals surface area contributed by atoms with Gasteiger partial charge < -0.3 is 0 Å². The van der Waals surface area contributed by atoms with E-state index in [0.717, 1.165) is 24.8 Å². The van der Waals surface area contributed by atoms with Gasteiger partial charge in [0.05, 0.1) is 0 Å². The topological polar surface area (TPSA) is 17.1 Å². The van der Waals surface area contributed by atoms with Crippen LogP contribution < -0.4 is 0 Å². The number of rotatable bonds is 1. The first-order valence-corrected chi connectivity index (χ1v) is 6.21. The van der Waals surface area contributed by atoms with E-state index in [1.807, 2.05) is 12.1 Å². The highest BCUT2D eigenvalue weighted by atomic mass is 16.1. The van der Waals surface area contributed by atoms with E-state index in [4.69, 9.17) is 0 Å². The molecule has 0 amide bonds. The standard InChI is InChI=1S/C15H20O/c1-10(2)12-7-8-13-11(3)5-4-6-14(13)15(16)9-12/h4-6,10,12H,7-9H2,1-3H3. The molecule has 0 fully saturated rings. The quantitative estimate of drug-likeness (QED) is 0.653. The van der Waals surface area contributed by atoms with Crippen LogP contribution in [0.2, 0.25) is 0 Å². The van der Waals surface area contributed by atoms with Crippen molar-refractivity contribution in [1.82, 2.24) is 0 Å². The Balaban J connectivity index is 2.36. The van der Waals surface area contributed by atoms with Crippen molar-refractivity contribution in [1.29, 1.82) is 0 Å². The molecule has 0 spiro atoms. The number of aryl methyl sites for hydroxylation is 1. The smallest absolute Gasteiger partial charge is 0.163 e. The summed E-state index contributed by atoms with van der Waals surface area (Å²) in [5.41, 5.74) is 3.54. The van der Waals surface area contributed by atoms with Crippen LogP contribution in [-0.4, -0.2) is 5.78 Å². The van der Waals surface area contributed by atoms with Crippen LogP contribution in [0.3, 0.4) is 0 Å². The van der Waals surface area contributed by atoms with Crippen molar-refractivity contribution in [2.75, 3.05) is 0 Å². The van der Waals surface area contributed by atoms with Crippen molar-refractivity contribution in [2.45, 2.75) is 40.0 Å². The number of Topliss-reactive ketones (excluding diaryl/α,β-unsaturated/α-hetero) is 1. The molecule has 0 saturated heterocycles. The maximum atomic E-state index is 12.2. The molecule has 86 valence electrons. The first kappa shape index (κ1) is 11.4. The van der Waals surface area contributed by atoms with Gasteiger partial charge in [0.15, 0.2) is 5.78 Å². The highest BCUT2D eigenvalue weighted by Gasteiger charge is 2.24. The lowest BCUT2D eigenvalue weighted by Gasteiger charge is -2.16. The van der Waals surface area contributed by atoms with Crippen LogP contribution in [0.5, 0.6) is 0 Å². The van der Waals surface area contributed by atoms with Crippen molar-refractivity contribution in [3.63, 3.8) is 0 Å². The molecule has 1 aliphatic rings. The number of hydrogen-bond acceptors (Lipinski definition) is 1. The molecule has 1 unspecified atom stereocenters. The second kappa shape index (κ2) is 4.40. The summed E-state index contributed by atoms with van der Waals surface area (Å²) in [5.74, 6) is 1.51. The van der Waals surface area contributed by atoms with Crippen molar-refractivity contribution >= 4 is 5.78 Å². The number of hydrogen-bond donors (Lipinski definition) is 0. The molecule has 0 heterocycles. The molecular weight excluding hydrogens is 196 g/mol. The zero-order valence-corrected chi connectivity index (χ0v) is 10.4. The van der Waals surface area contributed by atoms with Gasteiger partial charge in [-0.2, -0.15) is 0 Å². The van der Waals surface area contributed by atoms with Crippen molar-refractivity contribution in [2.24, 2.45) is 11.8 Å². The van der Waals surface area contributed by atoms with Gasteiger partial charge in [0.2, 0.25) is 0 Å². The van der Waals surface area contributed by atoms with E-state index in [2.05, 4.69) is 26.8 Å². The van der Waals surface area contributed by atoms with Crippen molar-refractivity contribution in [3.05, 3.63) is 34.9 Å². The first-order chi connectivity index (χ1) is 7.59. The third-order valence-corrected chi connectivity index (χ3v) is 3.87. The Labute approximate surface area is 97.9 Å². The molecule has 0 N–H and O–H groups in total. The summed E-state index contributed by atoms with van der Waals surface area (Å²) in [7, 11) is 0. The van der Waals surface area contributed by atoms with E-state index in [9.17, 15) is 4.79 Å². The van der Waals surface area contributed by atoms with Crippen molar-refractivity contribution < 1.29 is 4.79 Å². The molecule has 1 nitrogen and oxygen atoms in total. The predicted octanol–water partition coefficient (Wildman–Crippen LogP) is 3.79. The summed E-state index contributed by atoms with van der Waals surface area (Å²) in [6.45, 7) is 6.56. The van der Waals surface area contributed by atoms with Crippen LogP contribution in [0.4, 0.5) is 0 Å². The first-order valence-electron chi connectivity index (χ1n) is 6.21. The largest absolute Gasteiger partial charge is 0.294 e. The van der Waals surface area contributed by atoms with E-state index >= 15 is 0 Å². The average Bonchev–Trinajstić information content (AvgIpc) is 2.40. The molecule has 0 radical (unpaired) electrons. The fourth-order valence-corrected chi connectivity index (χ4v) is 2.64. The fourth-order valence-electron chi connectivity index (χ4n) is 2.64. The van der Waals surface area contributed by atoms with Gasteiger partial charge in [0.1, 0.15) is 0 Å². The molecule has 0 aromatic heterocycles. The normalized spacial score (nSPS) is 20.8. The third-order valence-electron chi connectivity index (χ3n) is 3.87. The van der Waals surface area contributed by atoms with E-state index in [-0.39, 0.29) is 0 Å². The number of carbonyl (C=O) groups excluding carboxylic acids is 1. The van der Waals surface area contributed by atoms with Crippen LogP contribution in [0, 0.1) is 18.8 Å². The molecule has 0 aliphatic heterocycles. The molecule has 0 saturated carbocycles. The molecule has 1 atom stereocenters. The van der Waals surface area contributed by atoms with Gasteiger partial charge in [-0.1, -0.05) is 32.0 Å². The van der Waals surface area contributed by atoms with E-state index in [1.54, 1.807) is 0 Å². The average molecular weight is 216 g/mol. The fraction of sp³-hybridized carbons (Fsp3) is 0.533. The van der Waals surface area contributed by atoms with E-state index in [0.29, 0.717) is 17.6 Å². The highest BCUT2D eigenvalue weighted by Crippen LogP contribution is 2.30. The second-order valence-electron chi connectivity index (χ2n) is 5.27. The molecule has 2 rings (SSSR count). The Kier molecular flexibility index (Phi) is 3.13. The minimum Gasteiger partial charge on any atom is -0.294 e. The number of benzene rings is 1. The van der Waals surface area contributed by atoms with Gasteiger partial charge in [0.25, 0.3) is 0 Å². The SMILES string of the molecule is Cc1cccc2c1CCC(C(C)C)CC2=O. The maximum absolute atomic E-state index is 12.2. The summed E-state index contributed by atoms with van der Waals surface area (Å²) in [4.78, 5) is 12.2. The Morgan fingerprint density at radius 3 is 2.75 bits per heavy atom. The van der Waals surface area contributed by atoms with Gasteiger partial charge in [-0.3, -0.25) is 4.79 Å². The van der Waals surface area contributed by atoms with Gasteiger partial charge in [-0.15, -0.1) is 0 Å². The van der Waals surface area contributed by atoms with Gasteiger partial charge >= 0.3 is 0 Å². The lowest BCUT2D eigenvalue weighted by atomic mass is 9.88. The van der Waals surface area contributed by atoms with Crippen LogP contribution in [0.25, 0.3) is 0 Å². The Hall–Kier alpha value is -1.11. The summed E-state index contributed by atoms with van der Waals surface area (Å²) in [6, 6.07) is 6.11. The van der Waals surface area contributed by atoms with Crippen LogP contribution in [-0.2, 0) is 6.42 Å². The summed E-state index contributed by atoms with van der Waals surface area (Å²) >= 11 is 0. The molecule has 1 aromatic rings. The number of carbonyl (C=O) groups is 1. The monoisotopic (exact) mass is 216 g/mol. The van der Waals surface area contributed by atoms with Crippen LogP contribution in [0.1, 0.15) is 48.2 Å². The molecule has 1 aromatic carbocycles. The third kappa shape index (κ3) is 2.04. The second-order valence-corrected chi connectivity index (χ2v) is 5.27. The predicted molar refractivity (Wildman–Crippen MR) is 66.8 cm³/mol. The summed E-state index contributed by atoms with van der Waals surface area (Å²) in [6.07, 6.45) is 2.95. The molecule has 0 bridgehead atoms. The molecule has 16 heavy (non-hydrogen) atoms. The Morgan fingerprint density at radius 1 is 1.31 bits per heavy atom. The Bertz CT molecular complexity index is 404. The van der Waals surface area contributed by atoms with Crippen molar-refractivity contribution in [3.8, 4) is 0 Å². The maximum Gasteiger partial charge on any atom is 0.163 e. The van der Waals surface area contributed by atoms with Gasteiger partial charge in [0, 0.05) is 12.0 Å². The molecule has 1 heteroatoms. The molecule has 1 aliphatic carbocycles. The zero-order chi connectivity index (χ0) is 11.7. The molecular formula is C15H20O.